The molecule has 0 spiro atoms. The Labute approximate surface area is 121 Å². The summed E-state index contributed by atoms with van der Waals surface area (Å²) in [5, 5.41) is 0. The second-order valence-electron chi connectivity index (χ2n) is 5.40. The van der Waals surface area contributed by atoms with E-state index >= 15 is 0 Å². The van der Waals surface area contributed by atoms with Crippen LogP contribution in [0.1, 0.15) is 25.3 Å². The summed E-state index contributed by atoms with van der Waals surface area (Å²) in [6.07, 6.45) is 2.19. The Morgan fingerprint density at radius 3 is 2.80 bits per heavy atom. The fourth-order valence-electron chi connectivity index (χ4n) is 2.92. The van der Waals surface area contributed by atoms with Gasteiger partial charge < -0.3 is 10.6 Å². The molecule has 1 fully saturated rings. The first-order chi connectivity index (χ1) is 9.74. The molecule has 110 valence electrons. The van der Waals surface area contributed by atoms with Gasteiger partial charge in [0.25, 0.3) is 0 Å². The molecule has 1 aromatic carbocycles. The van der Waals surface area contributed by atoms with Gasteiger partial charge in [-0.05, 0) is 24.9 Å². The molecule has 20 heavy (non-hydrogen) atoms. The minimum atomic E-state index is 0.0864. The van der Waals surface area contributed by atoms with Crippen LogP contribution in [0.4, 0.5) is 0 Å². The number of rotatable bonds is 6. The number of hydrogen-bond acceptors (Lipinski definition) is 3. The second-order valence-corrected chi connectivity index (χ2v) is 5.40. The monoisotopic (exact) mass is 275 g/mol. The maximum atomic E-state index is 11.8. The third kappa shape index (κ3) is 3.81. The van der Waals surface area contributed by atoms with Crippen LogP contribution >= 0.6 is 0 Å². The molecule has 1 aliphatic heterocycles. The summed E-state index contributed by atoms with van der Waals surface area (Å²) >= 11 is 0. The number of benzene rings is 1. The standard InChI is InChI=1S/C16H25N3O/c1-2-18(12-14-7-4-3-5-8-14)13-15-9-6-10-19(15)16(20)11-17/h3-5,7-8,15H,2,6,9-13,17H2,1H3/t15-/m0/s1. The second kappa shape index (κ2) is 7.41. The van der Waals surface area contributed by atoms with Gasteiger partial charge in [0.2, 0.25) is 5.91 Å². The topological polar surface area (TPSA) is 49.6 Å². The number of nitrogens with zero attached hydrogens (tertiary/aromatic N) is 2. The fourth-order valence-corrected chi connectivity index (χ4v) is 2.92. The normalized spacial score (nSPS) is 18.8. The third-order valence-corrected chi connectivity index (χ3v) is 4.04. The van der Waals surface area contributed by atoms with Gasteiger partial charge in [0, 0.05) is 25.7 Å². The first kappa shape index (κ1) is 15.0. The maximum Gasteiger partial charge on any atom is 0.236 e. The van der Waals surface area contributed by atoms with Crippen LogP contribution in [0.15, 0.2) is 30.3 Å². The number of nitrogens with two attached hydrogens (primary N) is 1. The minimum Gasteiger partial charge on any atom is -0.337 e. The quantitative estimate of drug-likeness (QED) is 0.855. The van der Waals surface area contributed by atoms with E-state index in [1.54, 1.807) is 0 Å². The summed E-state index contributed by atoms with van der Waals surface area (Å²) in [7, 11) is 0. The van der Waals surface area contributed by atoms with Crippen molar-refractivity contribution in [3.8, 4) is 0 Å². The van der Waals surface area contributed by atoms with Crippen LogP contribution in [0.25, 0.3) is 0 Å². The van der Waals surface area contributed by atoms with Gasteiger partial charge in [-0.2, -0.15) is 0 Å². The van der Waals surface area contributed by atoms with Gasteiger partial charge in [0.15, 0.2) is 0 Å². The lowest BCUT2D eigenvalue weighted by Crippen LogP contribution is -2.45. The predicted octanol–water partition coefficient (Wildman–Crippen LogP) is 1.46. The highest BCUT2D eigenvalue weighted by molar-refractivity contribution is 5.78. The van der Waals surface area contributed by atoms with E-state index in [-0.39, 0.29) is 12.5 Å². The molecular formula is C16H25N3O. The molecule has 1 heterocycles. The number of carbonyl (C=O) groups is 1. The molecule has 4 heteroatoms. The average molecular weight is 275 g/mol. The first-order valence-corrected chi connectivity index (χ1v) is 7.50. The number of amides is 1. The lowest BCUT2D eigenvalue weighted by atomic mass is 10.1. The van der Waals surface area contributed by atoms with E-state index in [1.165, 1.54) is 5.56 Å². The maximum absolute atomic E-state index is 11.8. The number of carbonyl (C=O) groups excluding carboxylic acids is 1. The molecule has 4 nitrogen and oxygen atoms in total. The molecule has 1 atom stereocenters. The molecule has 1 aliphatic rings. The molecule has 0 saturated carbocycles. The zero-order valence-electron chi connectivity index (χ0n) is 12.3. The molecule has 1 aromatic rings. The van der Waals surface area contributed by atoms with Crippen molar-refractivity contribution in [2.45, 2.75) is 32.4 Å². The molecule has 0 unspecified atom stereocenters. The molecule has 1 saturated heterocycles. The molecule has 0 aliphatic carbocycles. The highest BCUT2D eigenvalue weighted by atomic mass is 16.2. The van der Waals surface area contributed by atoms with Crippen LogP contribution in [-0.2, 0) is 11.3 Å². The van der Waals surface area contributed by atoms with E-state index in [0.29, 0.717) is 6.04 Å². The van der Waals surface area contributed by atoms with Crippen molar-refractivity contribution in [2.75, 3.05) is 26.2 Å². The van der Waals surface area contributed by atoms with Crippen molar-refractivity contribution in [3.63, 3.8) is 0 Å². The van der Waals surface area contributed by atoms with Crippen molar-refractivity contribution in [2.24, 2.45) is 5.73 Å². The van der Waals surface area contributed by atoms with E-state index < -0.39 is 0 Å². The van der Waals surface area contributed by atoms with Crippen LogP contribution in [0.3, 0.4) is 0 Å². The Balaban J connectivity index is 1.94. The SMILES string of the molecule is CCN(Cc1ccccc1)C[C@@H]1CCCN1C(=O)CN. The van der Waals surface area contributed by atoms with Gasteiger partial charge in [-0.1, -0.05) is 37.3 Å². The molecule has 1 amide bonds. The smallest absolute Gasteiger partial charge is 0.236 e. The highest BCUT2D eigenvalue weighted by Gasteiger charge is 2.28. The van der Waals surface area contributed by atoms with Crippen LogP contribution in [0, 0.1) is 0 Å². The van der Waals surface area contributed by atoms with Crippen LogP contribution in [0.5, 0.6) is 0 Å². The van der Waals surface area contributed by atoms with Gasteiger partial charge in [-0.25, -0.2) is 0 Å². The molecule has 0 aromatic heterocycles. The lowest BCUT2D eigenvalue weighted by molar-refractivity contribution is -0.130. The zero-order chi connectivity index (χ0) is 14.4. The van der Waals surface area contributed by atoms with Crippen molar-refractivity contribution in [3.05, 3.63) is 35.9 Å². The van der Waals surface area contributed by atoms with Crippen LogP contribution < -0.4 is 5.73 Å². The minimum absolute atomic E-state index is 0.0864. The predicted molar refractivity (Wildman–Crippen MR) is 81.2 cm³/mol. The van der Waals surface area contributed by atoms with Gasteiger partial charge in [-0.3, -0.25) is 9.69 Å². The molecule has 2 N–H and O–H groups in total. The Morgan fingerprint density at radius 1 is 1.40 bits per heavy atom. The Morgan fingerprint density at radius 2 is 2.15 bits per heavy atom. The van der Waals surface area contributed by atoms with E-state index in [1.807, 2.05) is 11.0 Å². The van der Waals surface area contributed by atoms with Gasteiger partial charge in [-0.15, -0.1) is 0 Å². The van der Waals surface area contributed by atoms with E-state index in [4.69, 9.17) is 5.73 Å². The lowest BCUT2D eigenvalue weighted by Gasteiger charge is -2.30. The summed E-state index contributed by atoms with van der Waals surface area (Å²) in [5.41, 5.74) is 6.82. The summed E-state index contributed by atoms with van der Waals surface area (Å²) < 4.78 is 0. The fraction of sp³-hybridized carbons (Fsp3) is 0.562. The van der Waals surface area contributed by atoms with Gasteiger partial charge in [0.1, 0.15) is 0 Å². The summed E-state index contributed by atoms with van der Waals surface area (Å²) in [5.74, 6) is 0.0864. The number of hydrogen-bond donors (Lipinski definition) is 1. The first-order valence-electron chi connectivity index (χ1n) is 7.50. The van der Waals surface area contributed by atoms with Crippen molar-refractivity contribution in [1.82, 2.24) is 9.80 Å². The third-order valence-electron chi connectivity index (χ3n) is 4.04. The summed E-state index contributed by atoms with van der Waals surface area (Å²) in [6.45, 7) is 6.05. The van der Waals surface area contributed by atoms with E-state index in [0.717, 1.165) is 39.0 Å². The van der Waals surface area contributed by atoms with Crippen molar-refractivity contribution >= 4 is 5.91 Å². The Bertz CT molecular complexity index is 421. The largest absolute Gasteiger partial charge is 0.337 e. The van der Waals surface area contributed by atoms with Gasteiger partial charge >= 0.3 is 0 Å². The Kier molecular flexibility index (Phi) is 5.56. The summed E-state index contributed by atoms with van der Waals surface area (Å²) in [4.78, 5) is 16.2. The average Bonchev–Trinajstić information content (AvgIpc) is 2.95. The van der Waals surface area contributed by atoms with Crippen molar-refractivity contribution < 1.29 is 4.79 Å². The van der Waals surface area contributed by atoms with Gasteiger partial charge in [0.05, 0.1) is 6.54 Å². The molecular weight excluding hydrogens is 250 g/mol. The Hall–Kier alpha value is -1.39. The highest BCUT2D eigenvalue weighted by Crippen LogP contribution is 2.19. The molecule has 0 radical (unpaired) electrons. The summed E-state index contributed by atoms with van der Waals surface area (Å²) in [6, 6.07) is 10.8. The number of likely N-dealkylation sites (tertiary alicyclic amines) is 1. The molecule has 2 rings (SSSR count). The zero-order valence-corrected chi connectivity index (χ0v) is 12.3. The van der Waals surface area contributed by atoms with Crippen LogP contribution in [0.2, 0.25) is 0 Å². The number of likely N-dealkylation sites (N-methyl/N-ethyl adjacent to an activating group) is 1. The van der Waals surface area contributed by atoms with Crippen molar-refractivity contribution in [1.29, 1.82) is 0 Å². The van der Waals surface area contributed by atoms with Crippen LogP contribution in [-0.4, -0.2) is 47.9 Å². The van der Waals surface area contributed by atoms with E-state index in [2.05, 4.69) is 36.1 Å². The van der Waals surface area contributed by atoms with E-state index in [9.17, 15) is 4.79 Å². The molecule has 0 bridgehead atoms.